The van der Waals surface area contributed by atoms with E-state index >= 15 is 0 Å². The van der Waals surface area contributed by atoms with E-state index in [2.05, 4.69) is 40.6 Å². The van der Waals surface area contributed by atoms with Crippen molar-refractivity contribution in [3.05, 3.63) is 48.3 Å². The average Bonchev–Trinajstić information content (AvgIpc) is 3.23. The van der Waals surface area contributed by atoms with Gasteiger partial charge in [0.25, 0.3) is 5.91 Å². The van der Waals surface area contributed by atoms with Gasteiger partial charge in [0.15, 0.2) is 6.04 Å². The van der Waals surface area contributed by atoms with Crippen molar-refractivity contribution in [2.24, 2.45) is 7.05 Å². The van der Waals surface area contributed by atoms with Crippen LogP contribution in [0.15, 0.2) is 42.6 Å². The number of quaternary nitrogens is 1. The maximum Gasteiger partial charge on any atom is 0.282 e. The molecule has 6 nitrogen and oxygen atoms in total. The minimum Gasteiger partial charge on any atom is -0.350 e. The second-order valence-electron chi connectivity index (χ2n) is 7.03. The molecule has 0 saturated carbocycles. The molecule has 6 heteroatoms. The molecule has 2 amide bonds. The van der Waals surface area contributed by atoms with E-state index in [0.29, 0.717) is 6.04 Å². The zero-order valence-corrected chi connectivity index (χ0v) is 15.6. The summed E-state index contributed by atoms with van der Waals surface area (Å²) < 4.78 is 2.15. The first kappa shape index (κ1) is 18.2. The Labute approximate surface area is 154 Å². The second kappa shape index (κ2) is 7.74. The van der Waals surface area contributed by atoms with Crippen molar-refractivity contribution in [2.45, 2.75) is 38.8 Å². The number of aryl methyl sites for hydroxylation is 1. The van der Waals surface area contributed by atoms with E-state index in [-0.39, 0.29) is 17.9 Å². The van der Waals surface area contributed by atoms with Gasteiger partial charge in [-0.2, -0.15) is 0 Å². The molecule has 0 aliphatic carbocycles. The highest BCUT2D eigenvalue weighted by molar-refractivity contribution is 5.94. The van der Waals surface area contributed by atoms with Gasteiger partial charge in [-0.05, 0) is 43.3 Å². The molecule has 1 saturated heterocycles. The highest BCUT2D eigenvalue weighted by Gasteiger charge is 2.38. The van der Waals surface area contributed by atoms with Gasteiger partial charge < -0.3 is 20.1 Å². The summed E-state index contributed by atoms with van der Waals surface area (Å²) in [6, 6.07) is 11.6. The summed E-state index contributed by atoms with van der Waals surface area (Å²) >= 11 is 0. The lowest BCUT2D eigenvalue weighted by Crippen LogP contribution is -3.15. The van der Waals surface area contributed by atoms with Crippen LogP contribution in [0, 0.1) is 0 Å². The molecule has 2 heterocycles. The summed E-state index contributed by atoms with van der Waals surface area (Å²) in [5, 5.41) is 5.72. The fourth-order valence-corrected chi connectivity index (χ4v) is 3.82. The number of carbonyl (C=O) groups is 2. The van der Waals surface area contributed by atoms with E-state index in [9.17, 15) is 9.59 Å². The summed E-state index contributed by atoms with van der Waals surface area (Å²) in [6.45, 7) is 4.48. The number of rotatable bonds is 5. The Balaban J connectivity index is 1.65. The summed E-state index contributed by atoms with van der Waals surface area (Å²) in [7, 11) is 2.06. The summed E-state index contributed by atoms with van der Waals surface area (Å²) in [6.07, 6.45) is 4.30. The molecular weight excluding hydrogens is 328 g/mol. The Kier molecular flexibility index (Phi) is 5.42. The molecule has 0 radical (unpaired) electrons. The van der Waals surface area contributed by atoms with Crippen LogP contribution in [0.2, 0.25) is 0 Å². The molecule has 1 unspecified atom stereocenters. The molecule has 26 heavy (non-hydrogen) atoms. The number of benzene rings is 1. The first-order valence-corrected chi connectivity index (χ1v) is 9.11. The predicted octanol–water partition coefficient (Wildman–Crippen LogP) is 1.73. The molecule has 0 bridgehead atoms. The Hall–Kier alpha value is -2.60. The van der Waals surface area contributed by atoms with E-state index in [1.54, 1.807) is 12.1 Å². The SMILES string of the molecule is CC(=O)Nc1ccc(NC(=O)[C@H](C)[NH+]2CCC[C@@H]2c2cccn2C)cc1. The lowest BCUT2D eigenvalue weighted by molar-refractivity contribution is -0.932. The number of nitrogens with one attached hydrogen (secondary N) is 3. The van der Waals surface area contributed by atoms with Crippen molar-refractivity contribution in [2.75, 3.05) is 17.2 Å². The molecule has 1 aliphatic rings. The third-order valence-corrected chi connectivity index (χ3v) is 5.17. The fraction of sp³-hybridized carbons (Fsp3) is 0.400. The first-order chi connectivity index (χ1) is 12.5. The number of anilines is 2. The molecule has 1 aromatic carbocycles. The highest BCUT2D eigenvalue weighted by Crippen LogP contribution is 2.20. The van der Waals surface area contributed by atoms with Crippen molar-refractivity contribution < 1.29 is 14.5 Å². The van der Waals surface area contributed by atoms with Crippen molar-refractivity contribution in [1.82, 2.24) is 4.57 Å². The summed E-state index contributed by atoms with van der Waals surface area (Å²) in [4.78, 5) is 25.2. The van der Waals surface area contributed by atoms with Crippen molar-refractivity contribution in [3.8, 4) is 0 Å². The molecule has 1 fully saturated rings. The highest BCUT2D eigenvalue weighted by atomic mass is 16.2. The van der Waals surface area contributed by atoms with Crippen molar-refractivity contribution >= 4 is 23.2 Å². The molecule has 2 aromatic rings. The molecule has 0 spiro atoms. The number of likely N-dealkylation sites (tertiary alicyclic amines) is 1. The molecule has 1 aliphatic heterocycles. The Morgan fingerprint density at radius 3 is 2.38 bits per heavy atom. The maximum atomic E-state index is 12.8. The lowest BCUT2D eigenvalue weighted by Gasteiger charge is -2.27. The molecule has 3 rings (SSSR count). The van der Waals surface area contributed by atoms with Crippen LogP contribution in [0.4, 0.5) is 11.4 Å². The van der Waals surface area contributed by atoms with Gasteiger partial charge in [-0.15, -0.1) is 0 Å². The van der Waals surface area contributed by atoms with E-state index in [0.717, 1.165) is 30.8 Å². The zero-order chi connectivity index (χ0) is 18.7. The first-order valence-electron chi connectivity index (χ1n) is 9.11. The molecule has 1 aromatic heterocycles. The normalized spacial score (nSPS) is 20.6. The van der Waals surface area contributed by atoms with Crippen LogP contribution < -0.4 is 15.5 Å². The largest absolute Gasteiger partial charge is 0.350 e. The van der Waals surface area contributed by atoms with Crippen molar-refractivity contribution in [1.29, 1.82) is 0 Å². The van der Waals surface area contributed by atoms with Gasteiger partial charge in [-0.3, -0.25) is 9.59 Å². The number of nitrogens with zero attached hydrogens (tertiary/aromatic N) is 1. The van der Waals surface area contributed by atoms with E-state index in [4.69, 9.17) is 0 Å². The maximum absolute atomic E-state index is 12.8. The van der Waals surface area contributed by atoms with Crippen LogP contribution in [0.3, 0.4) is 0 Å². The molecule has 3 atom stereocenters. The number of hydrogen-bond donors (Lipinski definition) is 3. The number of aromatic nitrogens is 1. The zero-order valence-electron chi connectivity index (χ0n) is 15.6. The van der Waals surface area contributed by atoms with E-state index in [1.165, 1.54) is 17.5 Å². The molecular formula is C20H27N4O2+. The van der Waals surface area contributed by atoms with Gasteiger partial charge in [0, 0.05) is 44.4 Å². The second-order valence-corrected chi connectivity index (χ2v) is 7.03. The third kappa shape index (κ3) is 3.96. The van der Waals surface area contributed by atoms with Crippen LogP contribution in [-0.2, 0) is 16.6 Å². The van der Waals surface area contributed by atoms with Crippen LogP contribution in [0.5, 0.6) is 0 Å². The van der Waals surface area contributed by atoms with Crippen molar-refractivity contribution in [3.63, 3.8) is 0 Å². The minimum atomic E-state index is -0.132. The number of amides is 2. The fourth-order valence-electron chi connectivity index (χ4n) is 3.82. The Bertz CT molecular complexity index is 781. The Morgan fingerprint density at radius 2 is 1.81 bits per heavy atom. The quantitative estimate of drug-likeness (QED) is 0.765. The number of hydrogen-bond acceptors (Lipinski definition) is 2. The van der Waals surface area contributed by atoms with Gasteiger partial charge >= 0.3 is 0 Å². The van der Waals surface area contributed by atoms with Gasteiger partial charge in [-0.1, -0.05) is 0 Å². The van der Waals surface area contributed by atoms with Crippen LogP contribution in [0.25, 0.3) is 0 Å². The predicted molar refractivity (Wildman–Crippen MR) is 102 cm³/mol. The minimum absolute atomic E-state index is 0.0217. The molecule has 3 N–H and O–H groups in total. The smallest absolute Gasteiger partial charge is 0.282 e. The lowest BCUT2D eigenvalue weighted by atomic mass is 10.1. The van der Waals surface area contributed by atoms with Gasteiger partial charge in [0.1, 0.15) is 6.04 Å². The molecule has 138 valence electrons. The standard InChI is InChI=1S/C20H26N4O2/c1-14(24-13-5-7-19(24)18-6-4-12-23(18)3)20(26)22-17-10-8-16(9-11-17)21-15(2)25/h4,6,8-12,14,19H,5,7,13H2,1-3H3,(H,21,25)(H,22,26)/p+1/t14-,19+/m0/s1. The monoisotopic (exact) mass is 355 g/mol. The average molecular weight is 355 g/mol. The topological polar surface area (TPSA) is 67.6 Å². The van der Waals surface area contributed by atoms with Gasteiger partial charge in [0.2, 0.25) is 5.91 Å². The van der Waals surface area contributed by atoms with Crippen LogP contribution >= 0.6 is 0 Å². The number of carbonyl (C=O) groups excluding carboxylic acids is 2. The van der Waals surface area contributed by atoms with E-state index < -0.39 is 0 Å². The van der Waals surface area contributed by atoms with Gasteiger partial charge in [-0.25, -0.2) is 0 Å². The summed E-state index contributed by atoms with van der Waals surface area (Å²) in [5.74, 6) is -0.0897. The van der Waals surface area contributed by atoms with Crippen LogP contribution in [-0.4, -0.2) is 29.0 Å². The van der Waals surface area contributed by atoms with Crippen LogP contribution in [0.1, 0.15) is 38.4 Å². The van der Waals surface area contributed by atoms with Gasteiger partial charge in [0.05, 0.1) is 12.2 Å². The summed E-state index contributed by atoms with van der Waals surface area (Å²) in [5.41, 5.74) is 2.75. The Morgan fingerprint density at radius 1 is 1.15 bits per heavy atom. The van der Waals surface area contributed by atoms with E-state index in [1.807, 2.05) is 19.1 Å². The third-order valence-electron chi connectivity index (χ3n) is 5.17.